The fraction of sp³-hybridized carbons (Fsp3) is 0. The second-order valence-corrected chi connectivity index (χ2v) is 13.4. The fourth-order valence-electron chi connectivity index (χ4n) is 6.60. The van der Waals surface area contributed by atoms with E-state index >= 15 is 0 Å². The minimum atomic E-state index is 1.14. The van der Waals surface area contributed by atoms with Gasteiger partial charge in [-0.15, -0.1) is 22.7 Å². The summed E-state index contributed by atoms with van der Waals surface area (Å²) < 4.78 is 5.21. The zero-order valence-corrected chi connectivity index (χ0v) is 26.0. The Bertz CT molecular complexity index is 2470. The maximum absolute atomic E-state index is 2.49. The number of hydrogen-bond donors (Lipinski definition) is 0. The molecule has 2 aromatic heterocycles. The smallest absolute Gasteiger partial charge is 0.0641 e. The number of benzene rings is 7. The second-order valence-electron chi connectivity index (χ2n) is 11.3. The molecule has 0 unspecified atom stereocenters. The maximum atomic E-state index is 2.49. The first kappa shape index (κ1) is 26.2. The van der Waals surface area contributed by atoms with Crippen LogP contribution in [0.4, 0.5) is 17.1 Å². The average molecular weight is 610 g/mol. The van der Waals surface area contributed by atoms with Gasteiger partial charge in [0.15, 0.2) is 0 Å². The van der Waals surface area contributed by atoms with E-state index < -0.39 is 0 Å². The van der Waals surface area contributed by atoms with Gasteiger partial charge < -0.3 is 4.90 Å². The van der Waals surface area contributed by atoms with Crippen LogP contribution in [0.2, 0.25) is 0 Å². The van der Waals surface area contributed by atoms with Crippen molar-refractivity contribution >= 4 is 80.1 Å². The zero-order valence-electron chi connectivity index (χ0n) is 24.4. The lowest BCUT2D eigenvalue weighted by Crippen LogP contribution is -2.10. The van der Waals surface area contributed by atoms with E-state index in [1.54, 1.807) is 0 Å². The zero-order chi connectivity index (χ0) is 29.7. The topological polar surface area (TPSA) is 3.24 Å². The lowest BCUT2D eigenvalue weighted by atomic mass is 9.98. The van der Waals surface area contributed by atoms with Gasteiger partial charge in [0.1, 0.15) is 0 Å². The summed E-state index contributed by atoms with van der Waals surface area (Å²) in [6.07, 6.45) is 0. The van der Waals surface area contributed by atoms with Crippen LogP contribution in [0, 0.1) is 0 Å². The Morgan fingerprint density at radius 2 is 0.911 bits per heavy atom. The number of nitrogens with zero attached hydrogens (tertiary/aromatic N) is 1. The summed E-state index contributed by atoms with van der Waals surface area (Å²) in [6.45, 7) is 0. The van der Waals surface area contributed by atoms with Crippen LogP contribution in [-0.4, -0.2) is 0 Å². The maximum Gasteiger partial charge on any atom is 0.0641 e. The molecule has 0 spiro atoms. The molecule has 0 N–H and O–H groups in total. The summed E-state index contributed by atoms with van der Waals surface area (Å²) in [7, 11) is 0. The lowest BCUT2D eigenvalue weighted by Gasteiger charge is -2.27. The molecular weight excluding hydrogens is 583 g/mol. The van der Waals surface area contributed by atoms with Crippen molar-refractivity contribution < 1.29 is 0 Å². The Morgan fingerprint density at radius 1 is 0.356 bits per heavy atom. The Labute approximate surface area is 269 Å². The quantitative estimate of drug-likeness (QED) is 0.188. The van der Waals surface area contributed by atoms with E-state index in [1.165, 1.54) is 74.0 Å². The number of rotatable bonds is 5. The van der Waals surface area contributed by atoms with Crippen LogP contribution in [-0.2, 0) is 0 Å². The van der Waals surface area contributed by atoms with E-state index in [9.17, 15) is 0 Å². The van der Waals surface area contributed by atoms with E-state index in [2.05, 4.69) is 169 Å². The largest absolute Gasteiger partial charge is 0.308 e. The highest BCUT2D eigenvalue weighted by atomic mass is 32.1. The first-order chi connectivity index (χ1) is 22.3. The number of fused-ring (bicyclic) bond motifs is 6. The molecule has 0 aliphatic rings. The molecular formula is C42H27NS2. The van der Waals surface area contributed by atoms with Crippen LogP contribution in [0.15, 0.2) is 164 Å². The molecule has 0 fully saturated rings. The van der Waals surface area contributed by atoms with Gasteiger partial charge in [0.25, 0.3) is 0 Å². The highest BCUT2D eigenvalue weighted by molar-refractivity contribution is 7.27. The molecule has 9 aromatic rings. The highest BCUT2D eigenvalue weighted by Gasteiger charge is 2.23. The van der Waals surface area contributed by atoms with Crippen LogP contribution in [0.3, 0.4) is 0 Å². The van der Waals surface area contributed by atoms with Crippen LogP contribution >= 0.6 is 22.7 Å². The number of thiophene rings is 2. The monoisotopic (exact) mass is 609 g/mol. The van der Waals surface area contributed by atoms with E-state index in [-0.39, 0.29) is 0 Å². The summed E-state index contributed by atoms with van der Waals surface area (Å²) >= 11 is 3.77. The van der Waals surface area contributed by atoms with E-state index in [0.717, 1.165) is 5.69 Å². The molecule has 0 bridgehead atoms. The SMILES string of the molecule is c1ccc(-c2ccc(N(c3cccc4c3sc3ccccc34)c3ccc(-c4ccccc4)c4c3sc3ccccc34)cc2)cc1. The van der Waals surface area contributed by atoms with Gasteiger partial charge in [-0.2, -0.15) is 0 Å². The Hall–Kier alpha value is -5.22. The van der Waals surface area contributed by atoms with Gasteiger partial charge >= 0.3 is 0 Å². The third kappa shape index (κ3) is 4.35. The molecule has 212 valence electrons. The number of hydrogen-bond acceptors (Lipinski definition) is 3. The molecule has 3 heteroatoms. The van der Waals surface area contributed by atoms with Crippen LogP contribution in [0.1, 0.15) is 0 Å². The summed E-state index contributed by atoms with van der Waals surface area (Å²) in [4.78, 5) is 2.49. The van der Waals surface area contributed by atoms with Crippen molar-refractivity contribution in [3.8, 4) is 22.3 Å². The molecule has 9 rings (SSSR count). The van der Waals surface area contributed by atoms with Crippen molar-refractivity contribution in [3.05, 3.63) is 164 Å². The first-order valence-corrected chi connectivity index (χ1v) is 16.8. The lowest BCUT2D eigenvalue weighted by molar-refractivity contribution is 1.32. The van der Waals surface area contributed by atoms with Crippen molar-refractivity contribution in [2.24, 2.45) is 0 Å². The molecule has 1 nitrogen and oxygen atoms in total. The van der Waals surface area contributed by atoms with Gasteiger partial charge in [-0.1, -0.05) is 127 Å². The average Bonchev–Trinajstić information content (AvgIpc) is 3.69. The van der Waals surface area contributed by atoms with Gasteiger partial charge in [0.2, 0.25) is 0 Å². The molecule has 7 aromatic carbocycles. The van der Waals surface area contributed by atoms with Crippen molar-refractivity contribution in [1.29, 1.82) is 0 Å². The van der Waals surface area contributed by atoms with Gasteiger partial charge in [0, 0.05) is 36.6 Å². The molecule has 0 aliphatic carbocycles. The van der Waals surface area contributed by atoms with Crippen LogP contribution in [0.25, 0.3) is 62.6 Å². The normalized spacial score (nSPS) is 11.6. The minimum absolute atomic E-state index is 1.14. The summed E-state index contributed by atoms with van der Waals surface area (Å²) in [5.41, 5.74) is 8.49. The number of anilines is 3. The van der Waals surface area contributed by atoms with Crippen molar-refractivity contribution in [1.82, 2.24) is 0 Å². The summed E-state index contributed by atoms with van der Waals surface area (Å²) in [5.74, 6) is 0. The molecule has 0 saturated carbocycles. The second kappa shape index (κ2) is 10.7. The van der Waals surface area contributed by atoms with Crippen molar-refractivity contribution in [2.75, 3.05) is 4.90 Å². The van der Waals surface area contributed by atoms with Gasteiger partial charge in [-0.05, 0) is 58.7 Å². The third-order valence-electron chi connectivity index (χ3n) is 8.69. The summed E-state index contributed by atoms with van der Waals surface area (Å²) in [5, 5.41) is 5.23. The molecule has 45 heavy (non-hydrogen) atoms. The first-order valence-electron chi connectivity index (χ1n) is 15.2. The predicted octanol–water partition coefficient (Wildman–Crippen LogP) is 13.2. The van der Waals surface area contributed by atoms with Crippen molar-refractivity contribution in [2.45, 2.75) is 0 Å². The standard InChI is InChI=1S/C42H27NS2/c1-3-12-28(13-4-1)29-22-24-31(25-23-29)43(36-19-11-18-34-33-16-7-9-20-38(33)44-41(34)36)37-27-26-32(30-14-5-2-6-15-30)40-35-17-8-10-21-39(35)45-42(37)40/h1-27H. The van der Waals surface area contributed by atoms with Crippen LogP contribution in [0.5, 0.6) is 0 Å². The Kier molecular flexibility index (Phi) is 6.26. The third-order valence-corrected chi connectivity index (χ3v) is 11.1. The predicted molar refractivity (Wildman–Crippen MR) is 198 cm³/mol. The molecule has 0 aliphatic heterocycles. The van der Waals surface area contributed by atoms with Gasteiger partial charge in [0.05, 0.1) is 20.8 Å². The van der Waals surface area contributed by atoms with Gasteiger partial charge in [-0.3, -0.25) is 0 Å². The van der Waals surface area contributed by atoms with E-state index in [0.29, 0.717) is 0 Å². The molecule has 2 heterocycles. The minimum Gasteiger partial charge on any atom is -0.308 e. The molecule has 0 saturated heterocycles. The van der Waals surface area contributed by atoms with Crippen molar-refractivity contribution in [3.63, 3.8) is 0 Å². The summed E-state index contributed by atoms with van der Waals surface area (Å²) in [6, 6.07) is 59.5. The molecule has 0 radical (unpaired) electrons. The Morgan fingerprint density at radius 3 is 1.67 bits per heavy atom. The van der Waals surface area contributed by atoms with E-state index in [1.807, 2.05) is 22.7 Å². The molecule has 0 amide bonds. The van der Waals surface area contributed by atoms with E-state index in [4.69, 9.17) is 0 Å². The highest BCUT2D eigenvalue weighted by Crippen LogP contribution is 2.50. The van der Waals surface area contributed by atoms with Gasteiger partial charge in [-0.25, -0.2) is 0 Å². The Balaban J connectivity index is 1.34. The fourth-order valence-corrected chi connectivity index (χ4v) is 9.04. The molecule has 0 atom stereocenters. The van der Waals surface area contributed by atoms with Crippen LogP contribution < -0.4 is 4.90 Å².